The molecule has 78 valence electrons. The van der Waals surface area contributed by atoms with Crippen LogP contribution in [0.1, 0.15) is 26.2 Å². The van der Waals surface area contributed by atoms with Crippen LogP contribution in [0.3, 0.4) is 0 Å². The Labute approximate surface area is 98.4 Å². The zero-order valence-electron chi connectivity index (χ0n) is 8.63. The topological polar surface area (TPSA) is 29.9 Å². The van der Waals surface area contributed by atoms with Crippen LogP contribution in [0, 0.1) is 9.62 Å². The summed E-state index contributed by atoms with van der Waals surface area (Å²) >= 11 is 2.29. The summed E-state index contributed by atoms with van der Waals surface area (Å²) in [7, 11) is 2.05. The maximum absolute atomic E-state index is 4.33. The van der Waals surface area contributed by atoms with Gasteiger partial charge in [-0.2, -0.15) is 0 Å². The maximum atomic E-state index is 4.33. The van der Waals surface area contributed by atoms with Crippen molar-refractivity contribution in [1.29, 1.82) is 0 Å². The lowest BCUT2D eigenvalue weighted by Crippen LogP contribution is -2.09. The fourth-order valence-corrected chi connectivity index (χ4v) is 2.17. The highest BCUT2D eigenvalue weighted by Crippen LogP contribution is 2.36. The molecule has 1 aromatic heterocycles. The molecule has 2 unspecified atom stereocenters. The van der Waals surface area contributed by atoms with Crippen molar-refractivity contribution in [3.8, 4) is 0 Å². The van der Waals surface area contributed by atoms with Crippen LogP contribution in [0.5, 0.6) is 0 Å². The van der Waals surface area contributed by atoms with E-state index in [1.807, 2.05) is 13.2 Å². The second-order valence-corrected chi connectivity index (χ2v) is 5.10. The van der Waals surface area contributed by atoms with Crippen LogP contribution in [0.25, 0.3) is 0 Å². The molecule has 1 heterocycles. The molecular weight excluding hydrogens is 289 g/mol. The van der Waals surface area contributed by atoms with Gasteiger partial charge in [0.05, 0.1) is 6.20 Å². The molecule has 0 bridgehead atoms. The Morgan fingerprint density at radius 2 is 2.50 bits per heavy atom. The number of nitrogens with zero attached hydrogens (tertiary/aromatic N) is 2. The van der Waals surface area contributed by atoms with Crippen molar-refractivity contribution in [3.63, 3.8) is 0 Å². The van der Waals surface area contributed by atoms with Crippen molar-refractivity contribution < 1.29 is 0 Å². The van der Waals surface area contributed by atoms with E-state index in [-0.39, 0.29) is 0 Å². The van der Waals surface area contributed by atoms with Gasteiger partial charge >= 0.3 is 0 Å². The second-order valence-electron chi connectivity index (χ2n) is 4.00. The zero-order chi connectivity index (χ0) is 10.1. The van der Waals surface area contributed by atoms with Crippen molar-refractivity contribution >= 4 is 28.5 Å². The van der Waals surface area contributed by atoms with Gasteiger partial charge in [-0.25, -0.2) is 4.98 Å². The summed E-state index contributed by atoms with van der Waals surface area (Å²) < 4.78 is 3.28. The zero-order valence-corrected chi connectivity index (χ0v) is 10.8. The quantitative estimate of drug-likeness (QED) is 0.867. The smallest absolute Gasteiger partial charge is 0.203 e. The Hall–Kier alpha value is -0.260. The van der Waals surface area contributed by atoms with Gasteiger partial charge in [-0.05, 0) is 41.4 Å². The molecule has 2 rings (SSSR count). The van der Waals surface area contributed by atoms with Crippen LogP contribution in [0.2, 0.25) is 0 Å². The average Bonchev–Trinajstić information content (AvgIpc) is 2.82. The largest absolute Gasteiger partial charge is 0.353 e. The van der Waals surface area contributed by atoms with Gasteiger partial charge in [-0.15, -0.1) is 0 Å². The Kier molecular flexibility index (Phi) is 2.99. The number of aromatic nitrogens is 2. The number of halogens is 1. The number of anilines is 1. The lowest BCUT2D eigenvalue weighted by Gasteiger charge is -2.05. The molecule has 0 aliphatic heterocycles. The van der Waals surface area contributed by atoms with Crippen molar-refractivity contribution in [2.75, 3.05) is 5.32 Å². The number of nitrogens with one attached hydrogen (secondary N) is 1. The number of hydrogen-bond donors (Lipinski definition) is 1. The Morgan fingerprint density at radius 3 is 3.07 bits per heavy atom. The van der Waals surface area contributed by atoms with E-state index in [1.54, 1.807) is 0 Å². The normalized spacial score (nSPS) is 25.1. The Balaban J connectivity index is 1.90. The minimum Gasteiger partial charge on any atom is -0.353 e. The highest BCUT2D eigenvalue weighted by atomic mass is 127. The molecule has 4 heteroatoms. The number of imidazole rings is 1. The predicted molar refractivity (Wildman–Crippen MR) is 66.4 cm³/mol. The summed E-state index contributed by atoms with van der Waals surface area (Å²) in [6.07, 6.45) is 5.86. The Morgan fingerprint density at radius 1 is 1.71 bits per heavy atom. The third-order valence-electron chi connectivity index (χ3n) is 2.83. The molecule has 1 aliphatic carbocycles. The van der Waals surface area contributed by atoms with Crippen LogP contribution < -0.4 is 5.32 Å². The highest BCUT2D eigenvalue weighted by Gasteiger charge is 2.36. The molecule has 1 saturated carbocycles. The molecule has 0 saturated heterocycles. The fraction of sp³-hybridized carbons (Fsp3) is 0.700. The number of rotatable bonds is 4. The minimum absolute atomic E-state index is 0.673. The van der Waals surface area contributed by atoms with Gasteiger partial charge < -0.3 is 9.88 Å². The van der Waals surface area contributed by atoms with Crippen LogP contribution in [0.15, 0.2) is 6.20 Å². The average molecular weight is 305 g/mol. The standard InChI is InChI=1S/C10H16IN3/c1-3-4-7-5-8(7)13-10-12-6-9(11)14(10)2/h6-8H,3-5H2,1-2H3,(H,12,13). The van der Waals surface area contributed by atoms with E-state index in [9.17, 15) is 0 Å². The summed E-state index contributed by atoms with van der Waals surface area (Å²) in [6.45, 7) is 2.25. The first-order valence-corrected chi connectivity index (χ1v) is 6.24. The van der Waals surface area contributed by atoms with E-state index in [0.717, 1.165) is 11.9 Å². The van der Waals surface area contributed by atoms with E-state index in [2.05, 4.69) is 44.4 Å². The second kappa shape index (κ2) is 4.08. The molecule has 0 radical (unpaired) electrons. The molecule has 0 spiro atoms. The van der Waals surface area contributed by atoms with E-state index in [1.165, 1.54) is 23.0 Å². The van der Waals surface area contributed by atoms with Gasteiger partial charge in [0.25, 0.3) is 0 Å². The van der Waals surface area contributed by atoms with Crippen LogP contribution in [0.4, 0.5) is 5.95 Å². The van der Waals surface area contributed by atoms with Crippen molar-refractivity contribution in [3.05, 3.63) is 9.90 Å². The third-order valence-corrected chi connectivity index (χ3v) is 3.83. The van der Waals surface area contributed by atoms with Gasteiger partial charge in [0, 0.05) is 13.1 Å². The minimum atomic E-state index is 0.673. The molecular formula is C10H16IN3. The first-order chi connectivity index (χ1) is 6.72. The molecule has 1 aromatic rings. The van der Waals surface area contributed by atoms with Gasteiger partial charge in [0.15, 0.2) is 0 Å². The van der Waals surface area contributed by atoms with Gasteiger partial charge in [-0.1, -0.05) is 13.3 Å². The lowest BCUT2D eigenvalue weighted by atomic mass is 10.2. The molecule has 2 atom stereocenters. The van der Waals surface area contributed by atoms with Gasteiger partial charge in [0.2, 0.25) is 5.95 Å². The molecule has 1 fully saturated rings. The maximum Gasteiger partial charge on any atom is 0.203 e. The SMILES string of the molecule is CCCC1CC1Nc1ncc(I)n1C. The summed E-state index contributed by atoms with van der Waals surface area (Å²) in [5.41, 5.74) is 0. The fourth-order valence-electron chi connectivity index (χ4n) is 1.80. The van der Waals surface area contributed by atoms with Crippen molar-refractivity contribution in [2.24, 2.45) is 13.0 Å². The molecule has 0 amide bonds. The predicted octanol–water partition coefficient (Wildman–Crippen LogP) is 2.63. The third kappa shape index (κ3) is 2.04. The molecule has 1 aliphatic rings. The molecule has 3 nitrogen and oxygen atoms in total. The van der Waals surface area contributed by atoms with Crippen molar-refractivity contribution in [1.82, 2.24) is 9.55 Å². The Bertz CT molecular complexity index is 321. The van der Waals surface area contributed by atoms with Gasteiger partial charge in [-0.3, -0.25) is 0 Å². The highest BCUT2D eigenvalue weighted by molar-refractivity contribution is 14.1. The first kappa shape index (κ1) is 10.3. The summed E-state index contributed by atoms with van der Waals surface area (Å²) in [5.74, 6) is 1.90. The summed E-state index contributed by atoms with van der Waals surface area (Å²) in [5, 5.41) is 3.49. The molecule has 1 N–H and O–H groups in total. The van der Waals surface area contributed by atoms with E-state index < -0.39 is 0 Å². The first-order valence-electron chi connectivity index (χ1n) is 5.16. The van der Waals surface area contributed by atoms with E-state index >= 15 is 0 Å². The van der Waals surface area contributed by atoms with Crippen LogP contribution in [-0.4, -0.2) is 15.6 Å². The summed E-state index contributed by atoms with van der Waals surface area (Å²) in [6, 6.07) is 0.673. The summed E-state index contributed by atoms with van der Waals surface area (Å²) in [4.78, 5) is 4.33. The van der Waals surface area contributed by atoms with Crippen LogP contribution >= 0.6 is 22.6 Å². The number of hydrogen-bond acceptors (Lipinski definition) is 2. The monoisotopic (exact) mass is 305 g/mol. The molecule has 0 aromatic carbocycles. The van der Waals surface area contributed by atoms with E-state index in [0.29, 0.717) is 6.04 Å². The van der Waals surface area contributed by atoms with Gasteiger partial charge in [0.1, 0.15) is 3.70 Å². The lowest BCUT2D eigenvalue weighted by molar-refractivity contribution is 0.689. The molecule has 14 heavy (non-hydrogen) atoms. The van der Waals surface area contributed by atoms with E-state index in [4.69, 9.17) is 0 Å². The van der Waals surface area contributed by atoms with Crippen LogP contribution in [-0.2, 0) is 7.05 Å². The van der Waals surface area contributed by atoms with Crippen molar-refractivity contribution in [2.45, 2.75) is 32.2 Å².